The molecule has 0 aliphatic carbocycles. The number of carbonyl (C=O) groups is 2. The highest BCUT2D eigenvalue weighted by Crippen LogP contribution is 2.45. The molecule has 0 aromatic heterocycles. The van der Waals surface area contributed by atoms with Crippen molar-refractivity contribution in [2.45, 2.75) is 14.9 Å². The summed E-state index contributed by atoms with van der Waals surface area (Å²) < 4.78 is -1.74. The molecule has 1 rings (SSSR count). The molecular weight excluding hydrogens is 347 g/mol. The highest BCUT2D eigenvalue weighted by molar-refractivity contribution is 8.04. The Morgan fingerprint density at radius 1 is 1.40 bits per heavy atom. The zero-order valence-corrected chi connectivity index (χ0v) is 13.4. The number of alkyl halides is 3. The average Bonchev–Trinajstić information content (AvgIpc) is 2.34. The Balaban J connectivity index is 3.36. The second kappa shape index (κ2) is 6.87. The van der Waals surface area contributed by atoms with Crippen molar-refractivity contribution in [2.75, 3.05) is 6.54 Å². The van der Waals surface area contributed by atoms with Crippen LogP contribution in [-0.4, -0.2) is 31.7 Å². The topological polar surface area (TPSA) is 83.6 Å². The van der Waals surface area contributed by atoms with Crippen LogP contribution in [0.1, 0.15) is 27.6 Å². The SMILES string of the molecule is CCN(N)C(=O)c1cccc(SC(Cl)(Cl)Cl)c1C(=O)O. The number of nitrogens with zero attached hydrogens (tertiary/aromatic N) is 1. The minimum absolute atomic E-state index is 0.0545. The Bertz CT molecular complexity index is 534. The molecule has 1 aromatic rings. The maximum Gasteiger partial charge on any atom is 0.337 e. The van der Waals surface area contributed by atoms with E-state index < -0.39 is 15.0 Å². The zero-order valence-electron chi connectivity index (χ0n) is 10.3. The molecular formula is C11H11Cl3N2O3S. The Hall–Kier alpha value is -0.660. The predicted octanol–water partition coefficient (Wildman–Crippen LogP) is 3.14. The molecule has 9 heteroatoms. The summed E-state index contributed by atoms with van der Waals surface area (Å²) in [4.78, 5) is 23.6. The molecule has 0 radical (unpaired) electrons. The van der Waals surface area contributed by atoms with Crippen molar-refractivity contribution < 1.29 is 14.7 Å². The van der Waals surface area contributed by atoms with Crippen molar-refractivity contribution in [1.82, 2.24) is 5.01 Å². The van der Waals surface area contributed by atoms with Crippen molar-refractivity contribution in [3.05, 3.63) is 29.3 Å². The van der Waals surface area contributed by atoms with E-state index >= 15 is 0 Å². The van der Waals surface area contributed by atoms with Gasteiger partial charge in [0.2, 0.25) is 3.12 Å². The van der Waals surface area contributed by atoms with Crippen molar-refractivity contribution in [3.8, 4) is 0 Å². The lowest BCUT2D eigenvalue weighted by Crippen LogP contribution is -2.38. The van der Waals surface area contributed by atoms with E-state index in [0.717, 1.165) is 5.01 Å². The number of aromatic carboxylic acids is 1. The number of rotatable bonds is 4. The van der Waals surface area contributed by atoms with Gasteiger partial charge in [-0.1, -0.05) is 52.6 Å². The van der Waals surface area contributed by atoms with Gasteiger partial charge in [-0.2, -0.15) is 0 Å². The number of amides is 1. The van der Waals surface area contributed by atoms with Gasteiger partial charge in [-0.3, -0.25) is 9.80 Å². The van der Waals surface area contributed by atoms with Crippen LogP contribution in [0.4, 0.5) is 0 Å². The van der Waals surface area contributed by atoms with Crippen LogP contribution in [0.3, 0.4) is 0 Å². The van der Waals surface area contributed by atoms with Crippen LogP contribution in [-0.2, 0) is 0 Å². The van der Waals surface area contributed by atoms with Crippen LogP contribution in [0.15, 0.2) is 23.1 Å². The largest absolute Gasteiger partial charge is 0.478 e. The third-order valence-corrected chi connectivity index (χ3v) is 3.78. The van der Waals surface area contributed by atoms with E-state index in [2.05, 4.69) is 0 Å². The summed E-state index contributed by atoms with van der Waals surface area (Å²) in [6.07, 6.45) is 0. The maximum atomic E-state index is 12.0. The molecule has 0 heterocycles. The van der Waals surface area contributed by atoms with Crippen LogP contribution >= 0.6 is 46.6 Å². The molecule has 0 atom stereocenters. The Morgan fingerprint density at radius 2 is 2.00 bits per heavy atom. The minimum atomic E-state index is -1.74. The fourth-order valence-electron chi connectivity index (χ4n) is 1.44. The first-order valence-corrected chi connectivity index (χ1v) is 7.31. The Morgan fingerprint density at radius 3 is 2.45 bits per heavy atom. The summed E-state index contributed by atoms with van der Waals surface area (Å²) in [5.41, 5.74) is -0.293. The molecule has 5 nitrogen and oxygen atoms in total. The molecule has 0 saturated heterocycles. The molecule has 1 aromatic carbocycles. The van der Waals surface area contributed by atoms with E-state index in [-0.39, 0.29) is 22.6 Å². The smallest absolute Gasteiger partial charge is 0.337 e. The molecule has 0 unspecified atom stereocenters. The van der Waals surface area contributed by atoms with Crippen LogP contribution in [0, 0.1) is 0 Å². The molecule has 20 heavy (non-hydrogen) atoms. The van der Waals surface area contributed by atoms with Gasteiger partial charge >= 0.3 is 5.97 Å². The number of thioether (sulfide) groups is 1. The van der Waals surface area contributed by atoms with E-state index in [0.29, 0.717) is 11.8 Å². The van der Waals surface area contributed by atoms with Crippen molar-refractivity contribution in [1.29, 1.82) is 0 Å². The summed E-state index contributed by atoms with van der Waals surface area (Å²) >= 11 is 17.7. The van der Waals surface area contributed by atoms with E-state index in [1.165, 1.54) is 18.2 Å². The molecule has 110 valence electrons. The highest BCUT2D eigenvalue weighted by Gasteiger charge is 2.28. The number of hydrazine groups is 1. The highest BCUT2D eigenvalue weighted by atomic mass is 35.6. The number of carbonyl (C=O) groups excluding carboxylic acids is 1. The first-order valence-electron chi connectivity index (χ1n) is 5.36. The van der Waals surface area contributed by atoms with Gasteiger partial charge in [0, 0.05) is 11.4 Å². The third-order valence-electron chi connectivity index (χ3n) is 2.30. The molecule has 3 N–H and O–H groups in total. The summed E-state index contributed by atoms with van der Waals surface area (Å²) in [7, 11) is 0. The van der Waals surface area contributed by atoms with Gasteiger partial charge in [-0.05, 0) is 19.1 Å². The monoisotopic (exact) mass is 356 g/mol. The van der Waals surface area contributed by atoms with Crippen LogP contribution in [0.25, 0.3) is 0 Å². The number of carboxylic acids is 1. The number of nitrogens with two attached hydrogens (primary N) is 1. The fraction of sp³-hybridized carbons (Fsp3) is 0.273. The quantitative estimate of drug-likeness (QED) is 0.284. The van der Waals surface area contributed by atoms with Crippen LogP contribution < -0.4 is 5.84 Å². The summed E-state index contributed by atoms with van der Waals surface area (Å²) in [6, 6.07) is 4.32. The lowest BCUT2D eigenvalue weighted by molar-refractivity contribution is 0.0673. The molecule has 0 spiro atoms. The molecule has 0 saturated carbocycles. The van der Waals surface area contributed by atoms with Crippen LogP contribution in [0.5, 0.6) is 0 Å². The van der Waals surface area contributed by atoms with Gasteiger partial charge < -0.3 is 5.11 Å². The third kappa shape index (κ3) is 4.43. The predicted molar refractivity (Wildman–Crippen MR) is 80.4 cm³/mol. The molecule has 0 aliphatic heterocycles. The van der Waals surface area contributed by atoms with Crippen LogP contribution in [0.2, 0.25) is 0 Å². The Kier molecular flexibility index (Phi) is 5.97. The molecule has 1 amide bonds. The summed E-state index contributed by atoms with van der Waals surface area (Å²) in [5.74, 6) is 3.59. The lowest BCUT2D eigenvalue weighted by Gasteiger charge is -2.18. The number of carboxylic acid groups (broad SMARTS) is 1. The molecule has 0 aliphatic rings. The van der Waals surface area contributed by atoms with Gasteiger partial charge in [0.25, 0.3) is 5.91 Å². The first-order chi connectivity index (χ1) is 9.17. The van der Waals surface area contributed by atoms with Gasteiger partial charge in [0.05, 0.1) is 11.1 Å². The second-order valence-electron chi connectivity index (χ2n) is 3.62. The number of hydrogen-bond donors (Lipinski definition) is 2. The van der Waals surface area contributed by atoms with Gasteiger partial charge in [0.15, 0.2) is 0 Å². The standard InChI is InChI=1S/C11H11Cl3N2O3S/c1-2-16(15)9(17)6-4-3-5-7(8(6)10(18)19)20-11(12,13)14/h3-5H,2,15H2,1H3,(H,18,19). The average molecular weight is 358 g/mol. The fourth-order valence-corrected chi connectivity index (χ4v) is 2.88. The number of halogens is 3. The zero-order chi connectivity index (χ0) is 15.5. The van der Waals surface area contributed by atoms with E-state index in [9.17, 15) is 14.7 Å². The van der Waals surface area contributed by atoms with Crippen molar-refractivity contribution in [3.63, 3.8) is 0 Å². The van der Waals surface area contributed by atoms with Gasteiger partial charge in [-0.15, -0.1) is 0 Å². The summed E-state index contributed by atoms with van der Waals surface area (Å²) in [6.45, 7) is 1.90. The van der Waals surface area contributed by atoms with Gasteiger partial charge in [0.1, 0.15) is 0 Å². The second-order valence-corrected chi connectivity index (χ2v) is 7.83. The van der Waals surface area contributed by atoms with E-state index in [1.54, 1.807) is 6.92 Å². The van der Waals surface area contributed by atoms with Gasteiger partial charge in [-0.25, -0.2) is 10.6 Å². The number of hydrogen-bond acceptors (Lipinski definition) is 4. The molecule has 0 fully saturated rings. The van der Waals surface area contributed by atoms with Crippen molar-refractivity contribution in [2.24, 2.45) is 5.84 Å². The normalized spacial score (nSPS) is 11.2. The number of benzene rings is 1. The van der Waals surface area contributed by atoms with Crippen molar-refractivity contribution >= 4 is 58.4 Å². The lowest BCUT2D eigenvalue weighted by atomic mass is 10.1. The molecule has 0 bridgehead atoms. The maximum absolute atomic E-state index is 12.0. The van der Waals surface area contributed by atoms with E-state index in [4.69, 9.17) is 40.6 Å². The summed E-state index contributed by atoms with van der Waals surface area (Å²) in [5, 5.41) is 10.2. The van der Waals surface area contributed by atoms with E-state index in [1.807, 2.05) is 0 Å². The Labute approximate surface area is 134 Å². The first kappa shape index (κ1) is 17.4. The minimum Gasteiger partial charge on any atom is -0.478 e.